The maximum atomic E-state index is 12.2. The van der Waals surface area contributed by atoms with Crippen molar-refractivity contribution in [1.82, 2.24) is 15.0 Å². The van der Waals surface area contributed by atoms with Gasteiger partial charge in [-0.25, -0.2) is 0 Å². The minimum Gasteiger partial charge on any atom is -0.339 e. The molecule has 0 radical (unpaired) electrons. The van der Waals surface area contributed by atoms with Crippen LogP contribution in [0.3, 0.4) is 0 Å². The van der Waals surface area contributed by atoms with Crippen LogP contribution in [0.4, 0.5) is 0 Å². The first-order valence-corrected chi connectivity index (χ1v) is 6.52. The van der Waals surface area contributed by atoms with E-state index >= 15 is 0 Å². The molecular weight excluding hydrogens is 246 g/mol. The quantitative estimate of drug-likeness (QED) is 0.601. The molecule has 1 saturated heterocycles. The molecule has 6 nitrogen and oxygen atoms in total. The number of imide groups is 1. The van der Waals surface area contributed by atoms with Crippen molar-refractivity contribution in [2.45, 2.75) is 32.7 Å². The molecular formula is C13H15N3O3. The van der Waals surface area contributed by atoms with Crippen LogP contribution in [0.1, 0.15) is 31.5 Å². The Morgan fingerprint density at radius 3 is 2.42 bits per heavy atom. The monoisotopic (exact) mass is 261 g/mol. The number of allylic oxidation sites excluding steroid dienone is 2. The average molecular weight is 261 g/mol. The van der Waals surface area contributed by atoms with Gasteiger partial charge in [0.25, 0.3) is 0 Å². The summed E-state index contributed by atoms with van der Waals surface area (Å²) < 4.78 is 4.99. The predicted octanol–water partition coefficient (Wildman–Crippen LogP) is 1.08. The Kier molecular flexibility index (Phi) is 2.93. The summed E-state index contributed by atoms with van der Waals surface area (Å²) in [6, 6.07) is 0. The van der Waals surface area contributed by atoms with Crippen LogP contribution < -0.4 is 0 Å². The first kappa shape index (κ1) is 12.1. The lowest BCUT2D eigenvalue weighted by atomic mass is 9.85. The van der Waals surface area contributed by atoms with E-state index in [0.29, 0.717) is 31.0 Å². The van der Waals surface area contributed by atoms with Crippen molar-refractivity contribution in [1.29, 1.82) is 0 Å². The third-order valence-electron chi connectivity index (χ3n) is 3.71. The number of hydrogen-bond donors (Lipinski definition) is 0. The van der Waals surface area contributed by atoms with Crippen LogP contribution in [0, 0.1) is 11.8 Å². The highest BCUT2D eigenvalue weighted by Crippen LogP contribution is 2.35. The van der Waals surface area contributed by atoms with Crippen molar-refractivity contribution in [3.05, 3.63) is 23.9 Å². The van der Waals surface area contributed by atoms with Crippen molar-refractivity contribution in [3.63, 3.8) is 0 Å². The SMILES string of the molecule is CCc1nc(CN2C(=O)[C@H]3CC=CC[C@@H]3C2=O)no1. The van der Waals surface area contributed by atoms with Gasteiger partial charge in [0, 0.05) is 6.42 Å². The summed E-state index contributed by atoms with van der Waals surface area (Å²) in [7, 11) is 0. The summed E-state index contributed by atoms with van der Waals surface area (Å²) in [5.74, 6) is 0.299. The molecule has 0 unspecified atom stereocenters. The van der Waals surface area contributed by atoms with Crippen LogP contribution >= 0.6 is 0 Å². The molecule has 2 heterocycles. The fourth-order valence-electron chi connectivity index (χ4n) is 2.66. The van der Waals surface area contributed by atoms with Crippen LogP contribution in [0.25, 0.3) is 0 Å². The molecule has 0 N–H and O–H groups in total. The van der Waals surface area contributed by atoms with E-state index < -0.39 is 0 Å². The Bertz CT molecular complexity index is 523. The summed E-state index contributed by atoms with van der Waals surface area (Å²) >= 11 is 0. The Hall–Kier alpha value is -1.98. The number of hydrogen-bond acceptors (Lipinski definition) is 5. The minimum absolute atomic E-state index is 0.109. The molecule has 1 aromatic rings. The average Bonchev–Trinajstić information content (AvgIpc) is 2.99. The maximum absolute atomic E-state index is 12.2. The third kappa shape index (κ3) is 1.97. The molecule has 0 saturated carbocycles. The van der Waals surface area contributed by atoms with Gasteiger partial charge in [0.1, 0.15) is 0 Å². The van der Waals surface area contributed by atoms with Gasteiger partial charge < -0.3 is 4.52 Å². The van der Waals surface area contributed by atoms with Crippen molar-refractivity contribution in [3.8, 4) is 0 Å². The number of rotatable bonds is 3. The Morgan fingerprint density at radius 2 is 1.89 bits per heavy atom. The van der Waals surface area contributed by atoms with E-state index in [1.165, 1.54) is 4.90 Å². The van der Waals surface area contributed by atoms with Gasteiger partial charge in [-0.1, -0.05) is 24.2 Å². The van der Waals surface area contributed by atoms with Crippen molar-refractivity contribution < 1.29 is 14.1 Å². The number of aryl methyl sites for hydroxylation is 1. The molecule has 1 fully saturated rings. The van der Waals surface area contributed by atoms with E-state index in [4.69, 9.17) is 4.52 Å². The smallest absolute Gasteiger partial charge is 0.233 e. The van der Waals surface area contributed by atoms with E-state index in [1.54, 1.807) is 0 Å². The summed E-state index contributed by atoms with van der Waals surface area (Å²) in [4.78, 5) is 29.8. The lowest BCUT2D eigenvalue weighted by Gasteiger charge is -2.14. The van der Waals surface area contributed by atoms with Crippen LogP contribution in [0.15, 0.2) is 16.7 Å². The second kappa shape index (κ2) is 4.60. The molecule has 2 atom stereocenters. The maximum Gasteiger partial charge on any atom is 0.233 e. The zero-order valence-corrected chi connectivity index (χ0v) is 10.7. The largest absolute Gasteiger partial charge is 0.339 e. The van der Waals surface area contributed by atoms with E-state index in [1.807, 2.05) is 19.1 Å². The van der Waals surface area contributed by atoms with Gasteiger partial charge in [-0.3, -0.25) is 14.5 Å². The molecule has 0 bridgehead atoms. The van der Waals surface area contributed by atoms with Crippen LogP contribution in [0.2, 0.25) is 0 Å². The van der Waals surface area contributed by atoms with Crippen LogP contribution in [-0.4, -0.2) is 26.9 Å². The molecule has 0 spiro atoms. The topological polar surface area (TPSA) is 76.3 Å². The lowest BCUT2D eigenvalue weighted by molar-refractivity contribution is -0.140. The molecule has 6 heteroatoms. The van der Waals surface area contributed by atoms with E-state index in [2.05, 4.69) is 10.1 Å². The van der Waals surface area contributed by atoms with Gasteiger partial charge in [0.2, 0.25) is 17.7 Å². The Morgan fingerprint density at radius 1 is 1.26 bits per heavy atom. The predicted molar refractivity (Wildman–Crippen MR) is 64.6 cm³/mol. The summed E-state index contributed by atoms with van der Waals surface area (Å²) in [6.45, 7) is 2.03. The van der Waals surface area contributed by atoms with E-state index in [0.717, 1.165) is 0 Å². The normalized spacial score (nSPS) is 26.1. The van der Waals surface area contributed by atoms with E-state index in [9.17, 15) is 9.59 Å². The summed E-state index contributed by atoms with van der Waals surface area (Å²) in [5, 5.41) is 3.79. The number of carbonyl (C=O) groups is 2. The molecule has 2 amide bonds. The zero-order chi connectivity index (χ0) is 13.4. The Balaban J connectivity index is 1.78. The van der Waals surface area contributed by atoms with Gasteiger partial charge in [-0.05, 0) is 12.8 Å². The minimum atomic E-state index is -0.199. The number of fused-ring (bicyclic) bond motifs is 1. The van der Waals surface area contributed by atoms with Crippen LogP contribution in [0.5, 0.6) is 0 Å². The molecule has 19 heavy (non-hydrogen) atoms. The first-order valence-electron chi connectivity index (χ1n) is 6.52. The fraction of sp³-hybridized carbons (Fsp3) is 0.538. The van der Waals surface area contributed by atoms with Crippen molar-refractivity contribution >= 4 is 11.8 Å². The molecule has 1 aliphatic carbocycles. The highest BCUT2D eigenvalue weighted by atomic mass is 16.5. The zero-order valence-electron chi connectivity index (χ0n) is 10.7. The Labute approximate surface area is 110 Å². The highest BCUT2D eigenvalue weighted by molar-refractivity contribution is 6.05. The number of carbonyl (C=O) groups excluding carboxylic acids is 2. The van der Waals surface area contributed by atoms with Gasteiger partial charge in [-0.15, -0.1) is 0 Å². The number of likely N-dealkylation sites (tertiary alicyclic amines) is 1. The van der Waals surface area contributed by atoms with Gasteiger partial charge in [0.15, 0.2) is 5.82 Å². The number of aromatic nitrogens is 2. The summed E-state index contributed by atoms with van der Waals surface area (Å²) in [6.07, 6.45) is 5.89. The number of amides is 2. The number of nitrogens with zero attached hydrogens (tertiary/aromatic N) is 3. The summed E-state index contributed by atoms with van der Waals surface area (Å²) in [5.41, 5.74) is 0. The first-order chi connectivity index (χ1) is 9.20. The highest BCUT2D eigenvalue weighted by Gasteiger charge is 2.47. The van der Waals surface area contributed by atoms with Crippen molar-refractivity contribution in [2.24, 2.45) is 11.8 Å². The van der Waals surface area contributed by atoms with Gasteiger partial charge in [-0.2, -0.15) is 4.98 Å². The van der Waals surface area contributed by atoms with Crippen LogP contribution in [-0.2, 0) is 22.6 Å². The van der Waals surface area contributed by atoms with Gasteiger partial charge >= 0.3 is 0 Å². The fourth-order valence-corrected chi connectivity index (χ4v) is 2.66. The molecule has 100 valence electrons. The second-order valence-corrected chi connectivity index (χ2v) is 4.88. The third-order valence-corrected chi connectivity index (χ3v) is 3.71. The molecule has 2 aliphatic rings. The standard InChI is InChI=1S/C13H15N3O3/c1-2-11-14-10(15-19-11)7-16-12(17)8-5-3-4-6-9(8)13(16)18/h3-4,8-9H,2,5-7H2,1H3/t8-,9-/m0/s1. The lowest BCUT2D eigenvalue weighted by Crippen LogP contribution is -2.31. The molecule has 0 aromatic carbocycles. The molecule has 3 rings (SSSR count). The van der Waals surface area contributed by atoms with Crippen molar-refractivity contribution in [2.75, 3.05) is 0 Å². The second-order valence-electron chi connectivity index (χ2n) is 4.88. The van der Waals surface area contributed by atoms with Gasteiger partial charge in [0.05, 0.1) is 18.4 Å². The van der Waals surface area contributed by atoms with E-state index in [-0.39, 0.29) is 30.2 Å². The molecule has 1 aliphatic heterocycles. The molecule has 1 aromatic heterocycles.